The van der Waals surface area contributed by atoms with Crippen molar-refractivity contribution in [2.45, 2.75) is 39.2 Å². The Labute approximate surface area is 103 Å². The van der Waals surface area contributed by atoms with Crippen LogP contribution >= 0.6 is 0 Å². The molecule has 0 saturated heterocycles. The van der Waals surface area contributed by atoms with Crippen LogP contribution in [0.4, 0.5) is 4.39 Å². The Morgan fingerprint density at radius 3 is 2.65 bits per heavy atom. The molecule has 0 radical (unpaired) electrons. The van der Waals surface area contributed by atoms with Gasteiger partial charge >= 0.3 is 0 Å². The quantitative estimate of drug-likeness (QED) is 0.797. The molecule has 2 unspecified atom stereocenters. The third-order valence-electron chi connectivity index (χ3n) is 3.86. The molecule has 1 aliphatic rings. The van der Waals surface area contributed by atoms with E-state index in [9.17, 15) is 4.39 Å². The lowest BCUT2D eigenvalue weighted by molar-refractivity contribution is 0.341. The Bertz CT molecular complexity index is 360. The summed E-state index contributed by atoms with van der Waals surface area (Å²) in [5, 5.41) is 3.51. The minimum absolute atomic E-state index is 0.0709. The van der Waals surface area contributed by atoms with E-state index < -0.39 is 0 Å². The molecule has 1 fully saturated rings. The van der Waals surface area contributed by atoms with Gasteiger partial charge in [0.25, 0.3) is 0 Å². The molecule has 0 heterocycles. The van der Waals surface area contributed by atoms with E-state index in [4.69, 9.17) is 0 Å². The molecule has 2 atom stereocenters. The van der Waals surface area contributed by atoms with Crippen molar-refractivity contribution in [2.24, 2.45) is 11.8 Å². The number of hydrogen-bond acceptors (Lipinski definition) is 1. The second-order valence-electron chi connectivity index (χ2n) is 5.16. The Balaban J connectivity index is 2.04. The zero-order chi connectivity index (χ0) is 12.3. The van der Waals surface area contributed by atoms with E-state index >= 15 is 0 Å². The summed E-state index contributed by atoms with van der Waals surface area (Å²) in [6.45, 7) is 5.37. The minimum atomic E-state index is -0.0709. The predicted molar refractivity (Wildman–Crippen MR) is 69.5 cm³/mol. The first-order valence-electron chi connectivity index (χ1n) is 6.69. The maximum atomic E-state index is 13.6. The summed E-state index contributed by atoms with van der Waals surface area (Å²) in [5.74, 6) is 1.43. The van der Waals surface area contributed by atoms with Crippen molar-refractivity contribution in [3.05, 3.63) is 35.6 Å². The number of halogens is 1. The second-order valence-corrected chi connectivity index (χ2v) is 5.16. The van der Waals surface area contributed by atoms with Crippen LogP contribution in [0.5, 0.6) is 0 Å². The number of rotatable bonds is 6. The van der Waals surface area contributed by atoms with Crippen molar-refractivity contribution < 1.29 is 4.39 Å². The van der Waals surface area contributed by atoms with E-state index in [2.05, 4.69) is 19.2 Å². The minimum Gasteiger partial charge on any atom is -0.314 e. The van der Waals surface area contributed by atoms with Crippen LogP contribution in [0.15, 0.2) is 24.3 Å². The zero-order valence-corrected chi connectivity index (χ0v) is 10.7. The monoisotopic (exact) mass is 235 g/mol. The van der Waals surface area contributed by atoms with Crippen LogP contribution in [-0.2, 0) is 6.42 Å². The van der Waals surface area contributed by atoms with Crippen molar-refractivity contribution in [3.63, 3.8) is 0 Å². The van der Waals surface area contributed by atoms with E-state index in [0.717, 1.165) is 24.4 Å². The highest BCUT2D eigenvalue weighted by Crippen LogP contribution is 2.38. The summed E-state index contributed by atoms with van der Waals surface area (Å²) >= 11 is 0. The summed E-state index contributed by atoms with van der Waals surface area (Å²) in [6.07, 6.45) is 3.50. The molecule has 0 amide bonds. The predicted octanol–water partition coefficient (Wildman–Crippen LogP) is 3.39. The van der Waals surface area contributed by atoms with Crippen LogP contribution in [0.3, 0.4) is 0 Å². The maximum absolute atomic E-state index is 13.6. The van der Waals surface area contributed by atoms with Gasteiger partial charge in [-0.15, -0.1) is 0 Å². The van der Waals surface area contributed by atoms with E-state index in [1.807, 2.05) is 12.1 Å². The number of nitrogens with one attached hydrogen (secondary N) is 1. The molecule has 0 aliphatic heterocycles. The van der Waals surface area contributed by atoms with Gasteiger partial charge in [-0.05, 0) is 49.3 Å². The molecule has 94 valence electrons. The summed E-state index contributed by atoms with van der Waals surface area (Å²) in [4.78, 5) is 0. The fraction of sp³-hybridized carbons (Fsp3) is 0.600. The van der Waals surface area contributed by atoms with E-state index in [1.165, 1.54) is 12.8 Å². The standard InChI is InChI=1S/C15H22FN/c1-3-17-15(11(2)12-8-9-12)10-13-6-4-5-7-14(13)16/h4-7,11-12,15,17H,3,8-10H2,1-2H3. The van der Waals surface area contributed by atoms with E-state index in [1.54, 1.807) is 12.1 Å². The number of likely N-dealkylation sites (N-methyl/N-ethyl adjacent to an activating group) is 1. The van der Waals surface area contributed by atoms with Gasteiger partial charge in [-0.25, -0.2) is 4.39 Å². The SMILES string of the molecule is CCNC(Cc1ccccc1F)C(C)C1CC1. The Morgan fingerprint density at radius 1 is 1.35 bits per heavy atom. The normalized spacial score (nSPS) is 19.0. The van der Waals surface area contributed by atoms with Gasteiger partial charge in [-0.3, -0.25) is 0 Å². The van der Waals surface area contributed by atoms with Crippen LogP contribution in [0.25, 0.3) is 0 Å². The fourth-order valence-electron chi connectivity index (χ4n) is 2.56. The van der Waals surface area contributed by atoms with E-state index in [-0.39, 0.29) is 5.82 Å². The highest BCUT2D eigenvalue weighted by atomic mass is 19.1. The van der Waals surface area contributed by atoms with Crippen LogP contribution in [0.1, 0.15) is 32.3 Å². The fourth-order valence-corrected chi connectivity index (χ4v) is 2.56. The molecule has 17 heavy (non-hydrogen) atoms. The van der Waals surface area contributed by atoms with E-state index in [0.29, 0.717) is 12.0 Å². The van der Waals surface area contributed by atoms with Crippen molar-refractivity contribution >= 4 is 0 Å². The third-order valence-corrected chi connectivity index (χ3v) is 3.86. The van der Waals surface area contributed by atoms with Crippen molar-refractivity contribution in [1.29, 1.82) is 0 Å². The molecule has 2 heteroatoms. The molecular formula is C15H22FN. The molecule has 1 aromatic rings. The molecule has 1 aromatic carbocycles. The van der Waals surface area contributed by atoms with Gasteiger partial charge in [0.05, 0.1) is 0 Å². The van der Waals surface area contributed by atoms with Crippen LogP contribution in [0, 0.1) is 17.7 Å². The molecular weight excluding hydrogens is 213 g/mol. The summed E-state index contributed by atoms with van der Waals surface area (Å²) in [5.41, 5.74) is 0.839. The third kappa shape index (κ3) is 3.29. The molecule has 2 rings (SSSR count). The smallest absolute Gasteiger partial charge is 0.126 e. The van der Waals surface area contributed by atoms with Gasteiger partial charge in [0.1, 0.15) is 5.82 Å². The largest absolute Gasteiger partial charge is 0.314 e. The summed E-state index contributed by atoms with van der Waals surface area (Å²) < 4.78 is 13.6. The maximum Gasteiger partial charge on any atom is 0.126 e. The highest BCUT2D eigenvalue weighted by molar-refractivity contribution is 5.18. The molecule has 1 N–H and O–H groups in total. The lowest BCUT2D eigenvalue weighted by Crippen LogP contribution is -2.38. The van der Waals surface area contributed by atoms with Gasteiger partial charge in [0.2, 0.25) is 0 Å². The second kappa shape index (κ2) is 5.63. The average molecular weight is 235 g/mol. The first-order valence-corrected chi connectivity index (χ1v) is 6.69. The molecule has 0 spiro atoms. The van der Waals surface area contributed by atoms with Gasteiger partial charge in [0.15, 0.2) is 0 Å². The molecule has 1 nitrogen and oxygen atoms in total. The first-order chi connectivity index (χ1) is 8.22. The summed E-state index contributed by atoms with van der Waals surface area (Å²) in [6, 6.07) is 7.54. The number of hydrogen-bond donors (Lipinski definition) is 1. The topological polar surface area (TPSA) is 12.0 Å². The van der Waals surface area contributed by atoms with Crippen LogP contribution in [0.2, 0.25) is 0 Å². The zero-order valence-electron chi connectivity index (χ0n) is 10.7. The highest BCUT2D eigenvalue weighted by Gasteiger charge is 2.33. The summed E-state index contributed by atoms with van der Waals surface area (Å²) in [7, 11) is 0. The number of benzene rings is 1. The average Bonchev–Trinajstić information content (AvgIpc) is 3.14. The Kier molecular flexibility index (Phi) is 4.16. The van der Waals surface area contributed by atoms with Crippen LogP contribution < -0.4 is 5.32 Å². The van der Waals surface area contributed by atoms with Crippen molar-refractivity contribution in [2.75, 3.05) is 6.54 Å². The Morgan fingerprint density at radius 2 is 2.06 bits per heavy atom. The van der Waals surface area contributed by atoms with Gasteiger partial charge < -0.3 is 5.32 Å². The molecule has 0 bridgehead atoms. The van der Waals surface area contributed by atoms with Crippen molar-refractivity contribution in [3.8, 4) is 0 Å². The lowest BCUT2D eigenvalue weighted by atomic mass is 9.91. The van der Waals surface area contributed by atoms with Crippen LogP contribution in [-0.4, -0.2) is 12.6 Å². The Hall–Kier alpha value is -0.890. The van der Waals surface area contributed by atoms with Gasteiger partial charge in [0, 0.05) is 6.04 Å². The van der Waals surface area contributed by atoms with Gasteiger partial charge in [-0.1, -0.05) is 32.0 Å². The lowest BCUT2D eigenvalue weighted by Gasteiger charge is -2.25. The van der Waals surface area contributed by atoms with Crippen molar-refractivity contribution in [1.82, 2.24) is 5.32 Å². The molecule has 0 aromatic heterocycles. The molecule has 1 saturated carbocycles. The first kappa shape index (κ1) is 12.6. The molecule has 1 aliphatic carbocycles. The van der Waals surface area contributed by atoms with Gasteiger partial charge in [-0.2, -0.15) is 0 Å².